The molecule has 1 aromatic heterocycles. The van der Waals surface area contributed by atoms with Gasteiger partial charge in [-0.05, 0) is 76.1 Å². The molecule has 3 aromatic rings. The molecule has 0 aliphatic carbocycles. The molecule has 1 N–H and O–H groups in total. The summed E-state index contributed by atoms with van der Waals surface area (Å²) < 4.78 is 0. The molecule has 40 heavy (non-hydrogen) atoms. The Morgan fingerprint density at radius 2 is 1.43 bits per heavy atom. The zero-order chi connectivity index (χ0) is 29.3. The van der Waals surface area contributed by atoms with Gasteiger partial charge in [0.1, 0.15) is 0 Å². The second-order valence-electron chi connectivity index (χ2n) is 10.7. The molecule has 0 unspecified atom stereocenters. The second kappa shape index (κ2) is 16.6. The maximum Gasteiger partial charge on any atom is 0.162 e. The molecule has 219 valence electrons. The van der Waals surface area contributed by atoms with Gasteiger partial charge in [0.15, 0.2) is 5.78 Å². The predicted molar refractivity (Wildman–Crippen MR) is 164 cm³/mol. The number of aryl methyl sites for hydroxylation is 6. The van der Waals surface area contributed by atoms with Crippen LogP contribution in [0, 0.1) is 59.4 Å². The van der Waals surface area contributed by atoms with Crippen LogP contribution in [0.4, 0.5) is 0 Å². The van der Waals surface area contributed by atoms with Crippen molar-refractivity contribution in [3.8, 4) is 22.5 Å². The van der Waals surface area contributed by atoms with Gasteiger partial charge >= 0.3 is 0 Å². The monoisotopic (exact) mass is 720 g/mol. The number of aromatic nitrogens is 2. The number of hydrogen-bond acceptors (Lipinski definition) is 4. The van der Waals surface area contributed by atoms with Gasteiger partial charge in [0.2, 0.25) is 0 Å². The van der Waals surface area contributed by atoms with Crippen LogP contribution in [0.2, 0.25) is 0 Å². The molecular weight excluding hydrogens is 673 g/mol. The molecule has 0 spiro atoms. The second-order valence-corrected chi connectivity index (χ2v) is 10.7. The van der Waals surface area contributed by atoms with Crippen LogP contribution >= 0.6 is 0 Å². The van der Waals surface area contributed by atoms with Gasteiger partial charge in [-0.25, -0.2) is 0 Å². The van der Waals surface area contributed by atoms with Crippen molar-refractivity contribution < 1.29 is 30.0 Å². The van der Waals surface area contributed by atoms with Crippen molar-refractivity contribution in [1.29, 1.82) is 0 Å². The number of carbonyl (C=O) groups excluding carboxylic acids is 1. The maximum atomic E-state index is 11.7. The predicted octanol–water partition coefficient (Wildman–Crippen LogP) is 9.33. The molecule has 1 radical (unpaired) electrons. The average molecular weight is 720 g/mol. The van der Waals surface area contributed by atoms with Crippen molar-refractivity contribution >= 4 is 5.78 Å². The Labute approximate surface area is 256 Å². The van der Waals surface area contributed by atoms with Crippen LogP contribution in [0.3, 0.4) is 0 Å². The van der Waals surface area contributed by atoms with Crippen LogP contribution in [0.1, 0.15) is 86.9 Å². The molecule has 4 nitrogen and oxygen atoms in total. The van der Waals surface area contributed by atoms with Gasteiger partial charge in [-0.15, -0.1) is 34.9 Å². The van der Waals surface area contributed by atoms with Crippen LogP contribution in [0.25, 0.3) is 22.5 Å². The number of ketones is 1. The summed E-state index contributed by atoms with van der Waals surface area (Å²) in [5.74, 6) is 0.547. The van der Waals surface area contributed by atoms with Crippen LogP contribution in [-0.4, -0.2) is 20.9 Å². The minimum absolute atomic E-state index is 0. The Morgan fingerprint density at radius 3 is 1.95 bits per heavy atom. The van der Waals surface area contributed by atoms with E-state index in [0.717, 1.165) is 59.5 Å². The maximum absolute atomic E-state index is 11.7. The zero-order valence-electron chi connectivity index (χ0n) is 26.0. The number of rotatable bonds is 9. The zero-order valence-corrected chi connectivity index (χ0v) is 28.4. The third kappa shape index (κ3) is 9.49. The SMILES string of the molecule is CCC(CC)C(=O)/C=C(\O)C(CC)CC.Cc1[c-]c(-c2ncc(-c3cc(C)c(C)cc3C)nc2C)cc(C)c1.[Ir]. The largest absolute Gasteiger partial charge is 0.512 e. The van der Waals surface area contributed by atoms with E-state index >= 15 is 0 Å². The molecule has 0 aliphatic heterocycles. The van der Waals surface area contributed by atoms with E-state index in [1.807, 2.05) is 40.8 Å². The summed E-state index contributed by atoms with van der Waals surface area (Å²) in [6, 6.07) is 12.1. The number of aliphatic hydroxyl groups excluding tert-OH is 1. The molecule has 0 saturated heterocycles. The van der Waals surface area contributed by atoms with Crippen LogP contribution in [-0.2, 0) is 24.9 Å². The minimum Gasteiger partial charge on any atom is -0.512 e. The molecular formula is C35H47IrN2O2-. The van der Waals surface area contributed by atoms with Crippen molar-refractivity contribution in [2.75, 3.05) is 0 Å². The third-order valence-electron chi connectivity index (χ3n) is 7.55. The smallest absolute Gasteiger partial charge is 0.162 e. The first-order valence-corrected chi connectivity index (χ1v) is 14.3. The van der Waals surface area contributed by atoms with Crippen molar-refractivity contribution in [2.24, 2.45) is 11.8 Å². The topological polar surface area (TPSA) is 63.1 Å². The van der Waals surface area contributed by atoms with E-state index < -0.39 is 0 Å². The number of benzene rings is 2. The molecule has 5 heteroatoms. The first-order valence-electron chi connectivity index (χ1n) is 14.3. The van der Waals surface area contributed by atoms with E-state index in [2.05, 4.69) is 65.0 Å². The van der Waals surface area contributed by atoms with Crippen LogP contribution < -0.4 is 0 Å². The summed E-state index contributed by atoms with van der Waals surface area (Å²) in [4.78, 5) is 21.3. The van der Waals surface area contributed by atoms with E-state index in [9.17, 15) is 9.90 Å². The Hall–Kier alpha value is -2.62. The molecule has 3 rings (SSSR count). The Bertz CT molecular complexity index is 1280. The van der Waals surface area contributed by atoms with Crippen LogP contribution in [0.5, 0.6) is 0 Å². The quantitative estimate of drug-likeness (QED) is 0.136. The summed E-state index contributed by atoms with van der Waals surface area (Å²) in [6.45, 7) is 20.7. The number of carbonyl (C=O) groups is 1. The van der Waals surface area contributed by atoms with E-state index in [0.29, 0.717) is 0 Å². The number of allylic oxidation sites excluding steroid dienone is 2. The number of aliphatic hydroxyl groups is 1. The van der Waals surface area contributed by atoms with Crippen molar-refractivity contribution in [1.82, 2.24) is 9.97 Å². The first-order chi connectivity index (χ1) is 18.4. The summed E-state index contributed by atoms with van der Waals surface area (Å²) in [7, 11) is 0. The Kier molecular flexibility index (Phi) is 14.7. The fourth-order valence-corrected chi connectivity index (χ4v) is 4.91. The van der Waals surface area contributed by atoms with E-state index in [4.69, 9.17) is 9.97 Å². The Morgan fingerprint density at radius 1 is 0.850 bits per heavy atom. The summed E-state index contributed by atoms with van der Waals surface area (Å²) >= 11 is 0. The summed E-state index contributed by atoms with van der Waals surface area (Å²) in [5, 5.41) is 9.76. The third-order valence-corrected chi connectivity index (χ3v) is 7.55. The summed E-state index contributed by atoms with van der Waals surface area (Å²) in [5.41, 5.74) is 11.1. The molecule has 2 aromatic carbocycles. The van der Waals surface area contributed by atoms with Gasteiger partial charge in [-0.3, -0.25) is 9.78 Å². The number of hydrogen-bond donors (Lipinski definition) is 1. The van der Waals surface area contributed by atoms with Crippen molar-refractivity contribution in [3.63, 3.8) is 0 Å². The molecule has 1 heterocycles. The fraction of sp³-hybridized carbons (Fsp3) is 0.457. The average Bonchev–Trinajstić information content (AvgIpc) is 2.87. The van der Waals surface area contributed by atoms with Crippen molar-refractivity contribution in [3.05, 3.63) is 81.9 Å². The van der Waals surface area contributed by atoms with E-state index in [1.54, 1.807) is 0 Å². The fourth-order valence-electron chi connectivity index (χ4n) is 4.91. The first kappa shape index (κ1) is 35.4. The van der Waals surface area contributed by atoms with Gasteiger partial charge in [0.25, 0.3) is 0 Å². The van der Waals surface area contributed by atoms with Gasteiger partial charge < -0.3 is 10.1 Å². The molecule has 0 fully saturated rings. The van der Waals surface area contributed by atoms with Crippen molar-refractivity contribution in [2.45, 2.75) is 94.9 Å². The molecule has 0 saturated carbocycles. The van der Waals surface area contributed by atoms with Crippen LogP contribution in [0.15, 0.2) is 42.3 Å². The normalized spacial score (nSPS) is 11.2. The molecule has 0 bridgehead atoms. The molecule has 0 atom stereocenters. The van der Waals surface area contributed by atoms with Gasteiger partial charge in [0.05, 0.1) is 11.5 Å². The minimum atomic E-state index is 0. The Balaban J connectivity index is 0.000000437. The van der Waals surface area contributed by atoms with Gasteiger partial charge in [0, 0.05) is 61.2 Å². The number of nitrogens with zero attached hydrogens (tertiary/aromatic N) is 2. The van der Waals surface area contributed by atoms with Gasteiger partial charge in [-0.2, -0.15) is 0 Å². The van der Waals surface area contributed by atoms with E-state index in [1.165, 1.54) is 28.3 Å². The molecule has 0 aliphatic rings. The molecule has 0 amide bonds. The van der Waals surface area contributed by atoms with Gasteiger partial charge in [-0.1, -0.05) is 47.6 Å². The van der Waals surface area contributed by atoms with E-state index in [-0.39, 0.29) is 43.5 Å². The summed E-state index contributed by atoms with van der Waals surface area (Å²) in [6.07, 6.45) is 6.79. The standard InChI is InChI=1S/C22H23N2.C13H24O2.Ir/c1-13-7-14(2)9-19(8-13)22-18(6)24-21(12-23-22)20-11-16(4)15(3)10-17(20)5;1-5-10(6-2)12(14)9-13(15)11(7-3)8-4;/h7-8,10-12H,1-6H3;9-11,14H,5-8H2,1-4H3;/q-1;;/b;12-9-;.